The maximum atomic E-state index is 10.7. The largest absolute Gasteiger partial charge is 0.475 e. The van der Waals surface area contributed by atoms with Crippen LogP contribution in [0, 0.1) is 0 Å². The molecule has 0 bridgehead atoms. The van der Waals surface area contributed by atoms with E-state index in [4.69, 9.17) is 9.52 Å². The molecule has 4 heteroatoms. The quantitative estimate of drug-likeness (QED) is 0.244. The second-order valence-corrected chi connectivity index (χ2v) is 6.72. The van der Waals surface area contributed by atoms with Gasteiger partial charge in [-0.25, -0.2) is 4.79 Å². The van der Waals surface area contributed by atoms with Gasteiger partial charge in [-0.3, -0.25) is 0 Å². The van der Waals surface area contributed by atoms with Crippen LogP contribution in [-0.2, 0) is 0 Å². The zero-order valence-electron chi connectivity index (χ0n) is 15.6. The Morgan fingerprint density at radius 2 is 1.44 bits per heavy atom. The van der Waals surface area contributed by atoms with Crippen LogP contribution in [0.4, 0.5) is 5.88 Å². The highest BCUT2D eigenvalue weighted by molar-refractivity contribution is 5.84. The predicted molar refractivity (Wildman–Crippen MR) is 104 cm³/mol. The summed E-state index contributed by atoms with van der Waals surface area (Å²) in [6.45, 7) is 4.58. The van der Waals surface area contributed by atoms with Crippen LogP contribution in [0.5, 0.6) is 0 Å². The van der Waals surface area contributed by atoms with Crippen LogP contribution in [0.15, 0.2) is 29.2 Å². The molecule has 0 aliphatic heterocycles. The summed E-state index contributed by atoms with van der Waals surface area (Å²) in [4.78, 5) is 10.7. The van der Waals surface area contributed by atoms with E-state index in [-0.39, 0.29) is 5.76 Å². The molecular formula is C21H35NO3. The Bertz CT molecular complexity index is 467. The second-order valence-electron chi connectivity index (χ2n) is 6.72. The lowest BCUT2D eigenvalue weighted by Gasteiger charge is -2.04. The van der Waals surface area contributed by atoms with Gasteiger partial charge in [0.2, 0.25) is 5.76 Å². The van der Waals surface area contributed by atoms with Gasteiger partial charge in [0.15, 0.2) is 5.88 Å². The van der Waals surface area contributed by atoms with E-state index in [0.29, 0.717) is 5.88 Å². The lowest BCUT2D eigenvalue weighted by Crippen LogP contribution is -2.00. The third-order valence-corrected chi connectivity index (χ3v) is 4.45. The molecule has 0 saturated carbocycles. The Morgan fingerprint density at radius 3 is 1.92 bits per heavy atom. The number of nitrogens with one attached hydrogen (secondary N) is 1. The van der Waals surface area contributed by atoms with Crippen molar-refractivity contribution in [1.29, 1.82) is 0 Å². The SMILES string of the molecule is C=CCCCCCCCCCCCCCCNc1ccc(C(=O)O)o1. The Labute approximate surface area is 152 Å². The first-order valence-electron chi connectivity index (χ1n) is 9.92. The van der Waals surface area contributed by atoms with Crippen molar-refractivity contribution in [3.63, 3.8) is 0 Å². The molecule has 1 heterocycles. The molecule has 2 N–H and O–H groups in total. The molecule has 0 unspecified atom stereocenters. The van der Waals surface area contributed by atoms with Crippen LogP contribution in [0.3, 0.4) is 0 Å². The number of anilines is 1. The van der Waals surface area contributed by atoms with E-state index in [0.717, 1.165) is 13.0 Å². The monoisotopic (exact) mass is 349 g/mol. The summed E-state index contributed by atoms with van der Waals surface area (Å²) in [7, 11) is 0. The fourth-order valence-corrected chi connectivity index (χ4v) is 2.94. The van der Waals surface area contributed by atoms with E-state index in [1.165, 1.54) is 83.1 Å². The fraction of sp³-hybridized carbons (Fsp3) is 0.667. The number of carbonyl (C=O) groups is 1. The van der Waals surface area contributed by atoms with Crippen LogP contribution >= 0.6 is 0 Å². The van der Waals surface area contributed by atoms with Crippen molar-refractivity contribution in [2.45, 2.75) is 83.5 Å². The number of unbranched alkanes of at least 4 members (excludes halogenated alkanes) is 12. The summed E-state index contributed by atoms with van der Waals surface area (Å²) in [6.07, 6.45) is 19.0. The first-order chi connectivity index (χ1) is 12.2. The van der Waals surface area contributed by atoms with Crippen LogP contribution in [-0.4, -0.2) is 17.6 Å². The first-order valence-corrected chi connectivity index (χ1v) is 9.92. The Morgan fingerprint density at radius 1 is 0.920 bits per heavy atom. The summed E-state index contributed by atoms with van der Waals surface area (Å²) in [5.41, 5.74) is 0. The van der Waals surface area contributed by atoms with Gasteiger partial charge in [0.1, 0.15) is 0 Å². The minimum absolute atomic E-state index is 0.0146. The molecule has 0 spiro atoms. The summed E-state index contributed by atoms with van der Waals surface area (Å²) >= 11 is 0. The maximum absolute atomic E-state index is 10.7. The van der Waals surface area contributed by atoms with Crippen molar-refractivity contribution in [1.82, 2.24) is 0 Å². The Balaban J connectivity index is 1.80. The van der Waals surface area contributed by atoms with Crippen LogP contribution < -0.4 is 5.32 Å². The number of furan rings is 1. The van der Waals surface area contributed by atoms with Crippen molar-refractivity contribution in [3.05, 3.63) is 30.5 Å². The second kappa shape index (κ2) is 14.6. The summed E-state index contributed by atoms with van der Waals surface area (Å²) in [5.74, 6) is -0.498. The zero-order valence-corrected chi connectivity index (χ0v) is 15.6. The van der Waals surface area contributed by atoms with Crippen molar-refractivity contribution in [2.24, 2.45) is 0 Å². The van der Waals surface area contributed by atoms with E-state index >= 15 is 0 Å². The molecule has 25 heavy (non-hydrogen) atoms. The minimum Gasteiger partial charge on any atom is -0.475 e. The number of carboxylic acid groups (broad SMARTS) is 1. The lowest BCUT2D eigenvalue weighted by molar-refractivity contribution is 0.0663. The molecule has 1 rings (SSSR count). The third kappa shape index (κ3) is 11.5. The van der Waals surface area contributed by atoms with Crippen LogP contribution in [0.2, 0.25) is 0 Å². The van der Waals surface area contributed by atoms with Gasteiger partial charge in [-0.15, -0.1) is 6.58 Å². The Kier molecular flexibility index (Phi) is 12.5. The molecule has 1 aromatic heterocycles. The molecule has 0 saturated heterocycles. The van der Waals surface area contributed by atoms with Gasteiger partial charge >= 0.3 is 5.97 Å². The standard InChI is InChI=1S/C21H35NO3/c1-2-3-4-5-6-7-8-9-10-11-12-13-14-15-18-22-20-17-16-19(25-20)21(23)24/h2,16-17,22H,1,3-15,18H2,(H,23,24). The minimum atomic E-state index is -1.03. The first kappa shape index (κ1) is 21.3. The molecular weight excluding hydrogens is 314 g/mol. The van der Waals surface area contributed by atoms with Crippen LogP contribution in [0.1, 0.15) is 94.0 Å². The molecule has 0 amide bonds. The lowest BCUT2D eigenvalue weighted by atomic mass is 10.0. The normalized spacial score (nSPS) is 10.7. The summed E-state index contributed by atoms with van der Waals surface area (Å²) < 4.78 is 5.15. The van der Waals surface area contributed by atoms with Crippen molar-refractivity contribution < 1.29 is 14.3 Å². The van der Waals surface area contributed by atoms with Gasteiger partial charge in [-0.2, -0.15) is 0 Å². The fourth-order valence-electron chi connectivity index (χ4n) is 2.94. The van der Waals surface area contributed by atoms with Gasteiger partial charge in [0, 0.05) is 12.6 Å². The highest BCUT2D eigenvalue weighted by Gasteiger charge is 2.07. The summed E-state index contributed by atoms with van der Waals surface area (Å²) in [6, 6.07) is 3.15. The van der Waals surface area contributed by atoms with E-state index < -0.39 is 5.97 Å². The average Bonchev–Trinajstić information content (AvgIpc) is 3.07. The number of hydrogen-bond acceptors (Lipinski definition) is 3. The van der Waals surface area contributed by atoms with Gasteiger partial charge in [0.25, 0.3) is 0 Å². The van der Waals surface area contributed by atoms with E-state index in [9.17, 15) is 4.79 Å². The van der Waals surface area contributed by atoms with Crippen molar-refractivity contribution >= 4 is 11.9 Å². The molecule has 1 aromatic rings. The number of hydrogen-bond donors (Lipinski definition) is 2. The molecule has 0 atom stereocenters. The number of aromatic carboxylic acids is 1. The number of rotatable bonds is 17. The highest BCUT2D eigenvalue weighted by Crippen LogP contribution is 2.14. The van der Waals surface area contributed by atoms with E-state index in [1.54, 1.807) is 6.07 Å². The van der Waals surface area contributed by atoms with E-state index in [1.807, 2.05) is 6.08 Å². The number of carboxylic acids is 1. The van der Waals surface area contributed by atoms with Crippen LogP contribution in [0.25, 0.3) is 0 Å². The number of allylic oxidation sites excluding steroid dienone is 1. The average molecular weight is 350 g/mol. The van der Waals surface area contributed by atoms with Gasteiger partial charge < -0.3 is 14.8 Å². The maximum Gasteiger partial charge on any atom is 0.371 e. The molecule has 0 radical (unpaired) electrons. The summed E-state index contributed by atoms with van der Waals surface area (Å²) in [5, 5.41) is 11.9. The third-order valence-electron chi connectivity index (χ3n) is 4.45. The van der Waals surface area contributed by atoms with Gasteiger partial charge in [0.05, 0.1) is 0 Å². The highest BCUT2D eigenvalue weighted by atomic mass is 16.4. The van der Waals surface area contributed by atoms with Crippen molar-refractivity contribution in [2.75, 3.05) is 11.9 Å². The molecule has 0 aliphatic rings. The molecule has 0 fully saturated rings. The molecule has 0 aliphatic carbocycles. The topological polar surface area (TPSA) is 62.5 Å². The van der Waals surface area contributed by atoms with Crippen molar-refractivity contribution in [3.8, 4) is 0 Å². The predicted octanol–water partition coefficient (Wildman–Crippen LogP) is 6.65. The zero-order chi connectivity index (χ0) is 18.2. The molecule has 142 valence electrons. The van der Waals surface area contributed by atoms with E-state index in [2.05, 4.69) is 11.9 Å². The molecule has 0 aromatic carbocycles. The molecule has 4 nitrogen and oxygen atoms in total. The smallest absolute Gasteiger partial charge is 0.371 e. The van der Waals surface area contributed by atoms with Gasteiger partial charge in [-0.1, -0.05) is 70.3 Å². The van der Waals surface area contributed by atoms with Gasteiger partial charge in [-0.05, 0) is 25.3 Å². The Hall–Kier alpha value is -1.71.